The third-order valence-electron chi connectivity index (χ3n) is 4.02. The average molecular weight is 372 g/mol. The quantitative estimate of drug-likeness (QED) is 0.647. The molecule has 0 fully saturated rings. The van der Waals surface area contributed by atoms with Crippen LogP contribution in [0.4, 0.5) is 5.69 Å². The normalized spacial score (nSPS) is 13.1. The van der Waals surface area contributed by atoms with Gasteiger partial charge in [-0.3, -0.25) is 4.79 Å². The SMILES string of the molecule is O=C(CSc1nnc(-c2ccccc2Cl)o1)N1CCc2ccccc21. The van der Waals surface area contributed by atoms with Crippen molar-refractivity contribution in [2.75, 3.05) is 17.2 Å². The number of benzene rings is 2. The van der Waals surface area contributed by atoms with Crippen molar-refractivity contribution in [2.24, 2.45) is 0 Å². The third-order valence-corrected chi connectivity index (χ3v) is 5.15. The predicted molar refractivity (Wildman–Crippen MR) is 98.0 cm³/mol. The van der Waals surface area contributed by atoms with E-state index in [2.05, 4.69) is 16.3 Å². The van der Waals surface area contributed by atoms with E-state index in [1.165, 1.54) is 17.3 Å². The van der Waals surface area contributed by atoms with Gasteiger partial charge in [-0.15, -0.1) is 10.2 Å². The summed E-state index contributed by atoms with van der Waals surface area (Å²) in [7, 11) is 0. The first-order chi connectivity index (χ1) is 12.2. The topological polar surface area (TPSA) is 59.2 Å². The maximum Gasteiger partial charge on any atom is 0.277 e. The van der Waals surface area contributed by atoms with Crippen molar-refractivity contribution in [1.29, 1.82) is 0 Å². The summed E-state index contributed by atoms with van der Waals surface area (Å²) in [6.45, 7) is 0.716. The molecule has 25 heavy (non-hydrogen) atoms. The van der Waals surface area contributed by atoms with Crippen LogP contribution in [-0.2, 0) is 11.2 Å². The molecule has 0 radical (unpaired) electrons. The molecule has 1 aliphatic heterocycles. The van der Waals surface area contributed by atoms with Crippen molar-refractivity contribution >= 4 is 35.0 Å². The lowest BCUT2D eigenvalue weighted by atomic mass is 10.2. The summed E-state index contributed by atoms with van der Waals surface area (Å²) in [5.41, 5.74) is 2.89. The van der Waals surface area contributed by atoms with Crippen LogP contribution in [0.15, 0.2) is 58.2 Å². The van der Waals surface area contributed by atoms with Gasteiger partial charge in [0, 0.05) is 12.2 Å². The van der Waals surface area contributed by atoms with Crippen LogP contribution in [0, 0.1) is 0 Å². The zero-order chi connectivity index (χ0) is 17.2. The second kappa shape index (κ2) is 6.90. The Morgan fingerprint density at radius 3 is 2.84 bits per heavy atom. The van der Waals surface area contributed by atoms with E-state index in [1.807, 2.05) is 41.3 Å². The Kier molecular flexibility index (Phi) is 4.46. The van der Waals surface area contributed by atoms with E-state index >= 15 is 0 Å². The molecule has 0 saturated heterocycles. The molecular weight excluding hydrogens is 358 g/mol. The molecular formula is C18H14ClN3O2S. The molecule has 0 aliphatic carbocycles. The molecule has 1 aliphatic rings. The van der Waals surface area contributed by atoms with Crippen molar-refractivity contribution in [2.45, 2.75) is 11.6 Å². The molecule has 0 spiro atoms. The predicted octanol–water partition coefficient (Wildman–Crippen LogP) is 4.07. The number of halogens is 1. The van der Waals surface area contributed by atoms with Crippen molar-refractivity contribution in [3.8, 4) is 11.5 Å². The lowest BCUT2D eigenvalue weighted by Gasteiger charge is -2.16. The highest BCUT2D eigenvalue weighted by molar-refractivity contribution is 7.99. The second-order valence-electron chi connectivity index (χ2n) is 5.57. The first kappa shape index (κ1) is 16.2. The highest BCUT2D eigenvalue weighted by atomic mass is 35.5. The molecule has 0 unspecified atom stereocenters. The number of para-hydroxylation sites is 1. The Bertz CT molecular complexity index is 928. The lowest BCUT2D eigenvalue weighted by Crippen LogP contribution is -2.30. The number of carbonyl (C=O) groups is 1. The fraction of sp³-hybridized carbons (Fsp3) is 0.167. The Labute approximate surface area is 154 Å². The van der Waals surface area contributed by atoms with Crippen molar-refractivity contribution in [3.05, 3.63) is 59.1 Å². The highest BCUT2D eigenvalue weighted by Gasteiger charge is 2.24. The molecule has 2 aromatic carbocycles. The summed E-state index contributed by atoms with van der Waals surface area (Å²) in [5, 5.41) is 8.91. The maximum absolute atomic E-state index is 12.5. The molecule has 1 amide bonds. The van der Waals surface area contributed by atoms with Gasteiger partial charge in [0.05, 0.1) is 16.3 Å². The zero-order valence-electron chi connectivity index (χ0n) is 13.2. The van der Waals surface area contributed by atoms with Crippen LogP contribution in [0.25, 0.3) is 11.5 Å². The van der Waals surface area contributed by atoms with Crippen molar-refractivity contribution in [1.82, 2.24) is 10.2 Å². The van der Waals surface area contributed by atoms with Gasteiger partial charge in [0.15, 0.2) is 0 Å². The summed E-state index contributed by atoms with van der Waals surface area (Å²) in [6.07, 6.45) is 0.893. The molecule has 7 heteroatoms. The van der Waals surface area contributed by atoms with Gasteiger partial charge in [0.1, 0.15) is 0 Å². The van der Waals surface area contributed by atoms with Crippen molar-refractivity contribution < 1.29 is 9.21 Å². The molecule has 1 aromatic heterocycles. The molecule has 0 atom stereocenters. The van der Waals surface area contributed by atoms with Gasteiger partial charge in [-0.1, -0.05) is 53.7 Å². The first-order valence-corrected chi connectivity index (χ1v) is 9.18. The number of fused-ring (bicyclic) bond motifs is 1. The number of hydrogen-bond acceptors (Lipinski definition) is 5. The third kappa shape index (κ3) is 3.27. The second-order valence-corrected chi connectivity index (χ2v) is 6.90. The molecule has 0 bridgehead atoms. The van der Waals surface area contributed by atoms with E-state index in [0.29, 0.717) is 28.2 Å². The number of rotatable bonds is 4. The Balaban J connectivity index is 1.43. The van der Waals surface area contributed by atoms with Gasteiger partial charge in [0.2, 0.25) is 11.8 Å². The number of nitrogens with zero attached hydrogens (tertiary/aromatic N) is 3. The van der Waals surface area contributed by atoms with Crippen LogP contribution in [0.2, 0.25) is 5.02 Å². The monoisotopic (exact) mass is 371 g/mol. The minimum Gasteiger partial charge on any atom is -0.411 e. The van der Waals surface area contributed by atoms with Crippen LogP contribution in [-0.4, -0.2) is 28.4 Å². The fourth-order valence-electron chi connectivity index (χ4n) is 2.81. The molecule has 3 aromatic rings. The summed E-state index contributed by atoms with van der Waals surface area (Å²) in [6, 6.07) is 15.3. The fourth-order valence-corrected chi connectivity index (χ4v) is 3.67. The number of hydrogen-bond donors (Lipinski definition) is 0. The molecule has 126 valence electrons. The summed E-state index contributed by atoms with van der Waals surface area (Å²) < 4.78 is 5.62. The molecule has 2 heterocycles. The van der Waals surface area contributed by atoms with Crippen LogP contribution < -0.4 is 4.90 Å². The smallest absolute Gasteiger partial charge is 0.277 e. The van der Waals surface area contributed by atoms with Gasteiger partial charge in [-0.2, -0.15) is 0 Å². The van der Waals surface area contributed by atoms with E-state index in [9.17, 15) is 4.79 Å². The van der Waals surface area contributed by atoms with Crippen LogP contribution >= 0.6 is 23.4 Å². The molecule has 4 rings (SSSR count). The van der Waals surface area contributed by atoms with E-state index in [1.54, 1.807) is 6.07 Å². The minimum atomic E-state index is 0.0347. The van der Waals surface area contributed by atoms with Crippen molar-refractivity contribution in [3.63, 3.8) is 0 Å². The van der Waals surface area contributed by atoms with Gasteiger partial charge >= 0.3 is 0 Å². The lowest BCUT2D eigenvalue weighted by molar-refractivity contribution is -0.116. The van der Waals surface area contributed by atoms with Crippen LogP contribution in [0.3, 0.4) is 0 Å². The largest absolute Gasteiger partial charge is 0.411 e. The average Bonchev–Trinajstić information content (AvgIpc) is 3.27. The first-order valence-electron chi connectivity index (χ1n) is 7.82. The Morgan fingerprint density at radius 2 is 1.96 bits per heavy atom. The van der Waals surface area contributed by atoms with Gasteiger partial charge < -0.3 is 9.32 Å². The van der Waals surface area contributed by atoms with E-state index in [4.69, 9.17) is 16.0 Å². The molecule has 0 saturated carbocycles. The van der Waals surface area contributed by atoms with E-state index in [0.717, 1.165) is 12.1 Å². The van der Waals surface area contributed by atoms with Gasteiger partial charge in [-0.05, 0) is 30.2 Å². The maximum atomic E-state index is 12.5. The number of carbonyl (C=O) groups excluding carboxylic acids is 1. The molecule has 0 N–H and O–H groups in total. The Morgan fingerprint density at radius 1 is 1.16 bits per heavy atom. The molecule has 5 nitrogen and oxygen atoms in total. The standard InChI is InChI=1S/C18H14ClN3O2S/c19-14-7-3-2-6-13(14)17-20-21-18(24-17)25-11-16(23)22-10-9-12-5-1-4-8-15(12)22/h1-8H,9-11H2. The van der Waals surface area contributed by atoms with Crippen LogP contribution in [0.1, 0.15) is 5.56 Å². The number of thioether (sulfide) groups is 1. The zero-order valence-corrected chi connectivity index (χ0v) is 14.8. The van der Waals surface area contributed by atoms with E-state index < -0.39 is 0 Å². The van der Waals surface area contributed by atoms with Gasteiger partial charge in [0.25, 0.3) is 5.22 Å². The number of aromatic nitrogens is 2. The summed E-state index contributed by atoms with van der Waals surface area (Å²) in [5.74, 6) is 0.637. The van der Waals surface area contributed by atoms with E-state index in [-0.39, 0.29) is 11.7 Å². The summed E-state index contributed by atoms with van der Waals surface area (Å²) in [4.78, 5) is 14.3. The Hall–Kier alpha value is -2.31. The number of anilines is 1. The van der Waals surface area contributed by atoms with Crippen LogP contribution in [0.5, 0.6) is 0 Å². The summed E-state index contributed by atoms with van der Waals surface area (Å²) >= 11 is 7.37. The number of amides is 1. The highest BCUT2D eigenvalue weighted by Crippen LogP contribution is 2.30. The van der Waals surface area contributed by atoms with Gasteiger partial charge in [-0.25, -0.2) is 0 Å². The minimum absolute atomic E-state index is 0.0347.